The van der Waals surface area contributed by atoms with Gasteiger partial charge in [-0.1, -0.05) is 90.5 Å². The predicted octanol–water partition coefficient (Wildman–Crippen LogP) is 6.18. The molecule has 0 N–H and O–H groups in total. The van der Waals surface area contributed by atoms with Gasteiger partial charge in [0, 0.05) is 5.69 Å². The Hall–Kier alpha value is -2.80. The molecule has 3 aromatic rings. The van der Waals surface area contributed by atoms with Crippen molar-refractivity contribution in [3.63, 3.8) is 0 Å². The average Bonchev–Trinajstić information content (AvgIpc) is 3.38. The third-order valence-corrected chi connectivity index (χ3v) is 5.32. The highest BCUT2D eigenvalue weighted by Crippen LogP contribution is 2.58. The van der Waals surface area contributed by atoms with Crippen LogP contribution in [0.15, 0.2) is 103 Å². The Kier molecular flexibility index (Phi) is 4.38. The molecule has 1 aliphatic rings. The van der Waals surface area contributed by atoms with Crippen molar-refractivity contribution in [2.75, 3.05) is 4.90 Å². The van der Waals surface area contributed by atoms with Crippen LogP contribution in [0.1, 0.15) is 31.4 Å². The lowest BCUT2D eigenvalue weighted by atomic mass is 9.86. The molecule has 1 atom stereocenters. The molecule has 26 heavy (non-hydrogen) atoms. The highest BCUT2D eigenvalue weighted by Gasteiger charge is 2.63. The van der Waals surface area contributed by atoms with Crippen molar-refractivity contribution < 1.29 is 0 Å². The Morgan fingerprint density at radius 3 is 1.69 bits per heavy atom. The quantitative estimate of drug-likeness (QED) is 0.396. The maximum absolute atomic E-state index is 2.58. The van der Waals surface area contributed by atoms with Crippen molar-refractivity contribution in [3.05, 3.63) is 114 Å². The maximum Gasteiger partial charge on any atom is 0.112 e. The van der Waals surface area contributed by atoms with E-state index in [4.69, 9.17) is 0 Å². The molecule has 130 valence electrons. The first kappa shape index (κ1) is 16.7. The molecule has 1 heteroatoms. The Labute approximate surface area is 156 Å². The lowest BCUT2D eigenvalue weighted by molar-refractivity contribution is 0.776. The Bertz CT molecular complexity index is 838. The van der Waals surface area contributed by atoms with E-state index in [0.717, 1.165) is 6.42 Å². The van der Waals surface area contributed by atoms with Gasteiger partial charge in [-0.05, 0) is 43.5 Å². The van der Waals surface area contributed by atoms with Gasteiger partial charge in [0.05, 0.1) is 6.04 Å². The zero-order chi connectivity index (χ0) is 18.0. The van der Waals surface area contributed by atoms with Crippen LogP contribution in [-0.4, -0.2) is 6.04 Å². The monoisotopic (exact) mass is 339 g/mol. The Balaban J connectivity index is 1.89. The van der Waals surface area contributed by atoms with E-state index in [-0.39, 0.29) is 5.54 Å². The van der Waals surface area contributed by atoms with Gasteiger partial charge in [0.25, 0.3) is 0 Å². The molecule has 0 radical (unpaired) electrons. The van der Waals surface area contributed by atoms with Crippen LogP contribution in [0.2, 0.25) is 0 Å². The van der Waals surface area contributed by atoms with Crippen LogP contribution in [0.3, 0.4) is 0 Å². The van der Waals surface area contributed by atoms with E-state index >= 15 is 0 Å². The molecule has 1 aliphatic heterocycles. The number of allylic oxidation sites excluding steroid dienone is 1. The summed E-state index contributed by atoms with van der Waals surface area (Å²) in [7, 11) is 0. The lowest BCUT2D eigenvalue weighted by Crippen LogP contribution is -2.18. The van der Waals surface area contributed by atoms with Crippen molar-refractivity contribution in [2.24, 2.45) is 0 Å². The first-order valence-corrected chi connectivity index (χ1v) is 9.33. The van der Waals surface area contributed by atoms with E-state index in [0.29, 0.717) is 6.04 Å². The van der Waals surface area contributed by atoms with Gasteiger partial charge in [-0.2, -0.15) is 0 Å². The number of anilines is 1. The van der Waals surface area contributed by atoms with Crippen molar-refractivity contribution in [1.82, 2.24) is 0 Å². The van der Waals surface area contributed by atoms with Crippen LogP contribution in [0.25, 0.3) is 0 Å². The number of hydrogen-bond donors (Lipinski definition) is 0. The summed E-state index contributed by atoms with van der Waals surface area (Å²) in [4.78, 5) is 2.58. The fourth-order valence-corrected chi connectivity index (χ4v) is 4.16. The SMILES string of the molecule is CC(C)=CCC1N(c2ccccc2)C1(c1ccccc1)c1ccccc1. The van der Waals surface area contributed by atoms with Crippen LogP contribution >= 0.6 is 0 Å². The number of hydrogen-bond acceptors (Lipinski definition) is 1. The van der Waals surface area contributed by atoms with Gasteiger partial charge >= 0.3 is 0 Å². The van der Waals surface area contributed by atoms with Gasteiger partial charge < -0.3 is 4.90 Å². The van der Waals surface area contributed by atoms with Gasteiger partial charge in [-0.15, -0.1) is 0 Å². The summed E-state index contributed by atoms with van der Waals surface area (Å²) < 4.78 is 0. The summed E-state index contributed by atoms with van der Waals surface area (Å²) in [5, 5.41) is 0. The van der Waals surface area contributed by atoms with Crippen LogP contribution in [-0.2, 0) is 5.54 Å². The highest BCUT2D eigenvalue weighted by molar-refractivity contribution is 5.69. The average molecular weight is 339 g/mol. The van der Waals surface area contributed by atoms with E-state index in [1.54, 1.807) is 0 Å². The molecule has 3 aromatic carbocycles. The van der Waals surface area contributed by atoms with Crippen LogP contribution in [0.5, 0.6) is 0 Å². The number of rotatable bonds is 5. The molecule has 4 rings (SSSR count). The van der Waals surface area contributed by atoms with Gasteiger partial charge in [0.2, 0.25) is 0 Å². The third-order valence-electron chi connectivity index (χ3n) is 5.32. The molecule has 1 heterocycles. The molecule has 0 bridgehead atoms. The third kappa shape index (κ3) is 2.74. The molecule has 0 amide bonds. The minimum atomic E-state index is -0.101. The van der Waals surface area contributed by atoms with Gasteiger partial charge in [0.15, 0.2) is 0 Å². The second kappa shape index (κ2) is 6.84. The molecule has 1 fully saturated rings. The second-order valence-electron chi connectivity index (χ2n) is 7.24. The van der Waals surface area contributed by atoms with Gasteiger partial charge in [-0.25, -0.2) is 0 Å². The molecule has 0 saturated carbocycles. The van der Waals surface area contributed by atoms with Crippen molar-refractivity contribution in [1.29, 1.82) is 0 Å². The summed E-state index contributed by atoms with van der Waals surface area (Å²) in [5.41, 5.74) is 5.28. The van der Waals surface area contributed by atoms with Crippen LogP contribution in [0, 0.1) is 0 Å². The largest absolute Gasteiger partial charge is 0.349 e. The Morgan fingerprint density at radius 1 is 0.769 bits per heavy atom. The molecular formula is C25H25N. The van der Waals surface area contributed by atoms with Gasteiger partial charge in [0.1, 0.15) is 5.54 Å². The molecular weight excluding hydrogens is 314 g/mol. The first-order chi connectivity index (χ1) is 12.7. The minimum absolute atomic E-state index is 0.101. The zero-order valence-corrected chi connectivity index (χ0v) is 15.5. The van der Waals surface area contributed by atoms with E-state index in [1.165, 1.54) is 22.4 Å². The van der Waals surface area contributed by atoms with Gasteiger partial charge in [-0.3, -0.25) is 0 Å². The second-order valence-corrected chi connectivity index (χ2v) is 7.24. The maximum atomic E-state index is 2.58. The van der Waals surface area contributed by atoms with Crippen molar-refractivity contribution >= 4 is 5.69 Å². The summed E-state index contributed by atoms with van der Waals surface area (Å²) in [6, 6.07) is 33.1. The van der Waals surface area contributed by atoms with E-state index in [1.807, 2.05) is 0 Å². The van der Waals surface area contributed by atoms with Crippen LogP contribution < -0.4 is 4.90 Å². The molecule has 0 aromatic heterocycles. The molecule has 0 spiro atoms. The molecule has 1 saturated heterocycles. The standard InChI is InChI=1S/C25H25N/c1-20(2)18-19-24-25(21-12-6-3-7-13-21,22-14-8-4-9-15-22)26(24)23-16-10-5-11-17-23/h3-18,24H,19H2,1-2H3. The zero-order valence-electron chi connectivity index (χ0n) is 15.5. The highest BCUT2D eigenvalue weighted by atomic mass is 15.4. The molecule has 1 unspecified atom stereocenters. The fraction of sp³-hybridized carbons (Fsp3) is 0.200. The molecule has 1 nitrogen and oxygen atoms in total. The summed E-state index contributed by atoms with van der Waals surface area (Å²) in [6.45, 7) is 4.36. The number of para-hydroxylation sites is 1. The Morgan fingerprint density at radius 2 is 1.23 bits per heavy atom. The van der Waals surface area contributed by atoms with E-state index in [2.05, 4.69) is 116 Å². The summed E-state index contributed by atoms with van der Waals surface area (Å²) >= 11 is 0. The number of benzene rings is 3. The van der Waals surface area contributed by atoms with Crippen molar-refractivity contribution in [3.8, 4) is 0 Å². The first-order valence-electron chi connectivity index (χ1n) is 9.33. The van der Waals surface area contributed by atoms with Crippen LogP contribution in [0.4, 0.5) is 5.69 Å². The normalized spacial score (nSPS) is 17.6. The number of nitrogens with zero attached hydrogens (tertiary/aromatic N) is 1. The van der Waals surface area contributed by atoms with E-state index in [9.17, 15) is 0 Å². The molecule has 0 aliphatic carbocycles. The van der Waals surface area contributed by atoms with E-state index < -0.39 is 0 Å². The van der Waals surface area contributed by atoms with Crippen molar-refractivity contribution in [2.45, 2.75) is 31.8 Å². The fourth-order valence-electron chi connectivity index (χ4n) is 4.16. The smallest absolute Gasteiger partial charge is 0.112 e. The lowest BCUT2D eigenvalue weighted by Gasteiger charge is -2.20. The predicted molar refractivity (Wildman–Crippen MR) is 110 cm³/mol. The topological polar surface area (TPSA) is 3.01 Å². The summed E-state index contributed by atoms with van der Waals surface area (Å²) in [5.74, 6) is 0. The minimum Gasteiger partial charge on any atom is -0.349 e. The summed E-state index contributed by atoms with van der Waals surface area (Å²) in [6.07, 6.45) is 3.41.